The Balaban J connectivity index is 1.48. The fourth-order valence-corrected chi connectivity index (χ4v) is 4.08. The Labute approximate surface area is 173 Å². The number of hydrogen-bond donors (Lipinski definition) is 1. The molecule has 4 aromatic rings. The zero-order chi connectivity index (χ0) is 20.5. The van der Waals surface area contributed by atoms with E-state index in [0.717, 1.165) is 46.4 Å². The minimum Gasteiger partial charge on any atom is -0.445 e. The average molecular weight is 402 g/mol. The molecule has 4 nitrogen and oxygen atoms in total. The fourth-order valence-electron chi connectivity index (χ4n) is 4.08. The molecular weight excluding hydrogens is 381 g/mol. The standard InChI is InChI=1S/C25H20FNO3/c26-19-8-4-5-17(13-19)11-12-27-15-22-23(29-16-27)10-9-20-21(14-24(28)30-25(20)22)18-6-2-1-3-7-18/h1-10,13-14H,11-12,15-16H2/p+1. The number of fused-ring (bicyclic) bond motifs is 3. The van der Waals surface area contributed by atoms with Crippen LogP contribution in [0.4, 0.5) is 4.39 Å². The van der Waals surface area contributed by atoms with E-state index in [2.05, 4.69) is 0 Å². The van der Waals surface area contributed by atoms with Crippen LogP contribution in [0.2, 0.25) is 0 Å². The van der Waals surface area contributed by atoms with E-state index in [1.807, 2.05) is 48.5 Å². The molecule has 3 aromatic carbocycles. The summed E-state index contributed by atoms with van der Waals surface area (Å²) in [7, 11) is 0. The highest BCUT2D eigenvalue weighted by Crippen LogP contribution is 2.33. The second-order valence-electron chi connectivity index (χ2n) is 7.61. The Morgan fingerprint density at radius 3 is 2.67 bits per heavy atom. The van der Waals surface area contributed by atoms with Crippen LogP contribution in [0, 0.1) is 5.82 Å². The van der Waals surface area contributed by atoms with Gasteiger partial charge in [-0.2, -0.15) is 0 Å². The van der Waals surface area contributed by atoms with Crippen LogP contribution < -0.4 is 15.3 Å². The summed E-state index contributed by atoms with van der Waals surface area (Å²) < 4.78 is 25.1. The zero-order valence-electron chi connectivity index (χ0n) is 16.4. The smallest absolute Gasteiger partial charge is 0.336 e. The predicted octanol–water partition coefficient (Wildman–Crippen LogP) is 3.58. The maximum absolute atomic E-state index is 13.4. The van der Waals surface area contributed by atoms with Crippen molar-refractivity contribution < 1.29 is 18.4 Å². The van der Waals surface area contributed by atoms with Crippen molar-refractivity contribution in [1.29, 1.82) is 0 Å². The lowest BCUT2D eigenvalue weighted by atomic mass is 9.99. The highest BCUT2D eigenvalue weighted by Gasteiger charge is 2.25. The minimum absolute atomic E-state index is 0.219. The normalized spacial score (nSPS) is 15.6. The lowest BCUT2D eigenvalue weighted by molar-refractivity contribution is -0.932. The van der Waals surface area contributed by atoms with Gasteiger partial charge in [-0.3, -0.25) is 4.90 Å². The molecule has 0 amide bonds. The van der Waals surface area contributed by atoms with E-state index >= 15 is 0 Å². The molecule has 0 bridgehead atoms. The van der Waals surface area contributed by atoms with Gasteiger partial charge in [-0.1, -0.05) is 42.5 Å². The molecule has 1 unspecified atom stereocenters. The van der Waals surface area contributed by atoms with Crippen molar-refractivity contribution in [3.63, 3.8) is 0 Å². The third-order valence-corrected chi connectivity index (χ3v) is 5.57. The van der Waals surface area contributed by atoms with E-state index in [4.69, 9.17) is 9.15 Å². The highest BCUT2D eigenvalue weighted by atomic mass is 19.1. The highest BCUT2D eigenvalue weighted by molar-refractivity contribution is 5.95. The molecule has 2 heterocycles. The summed E-state index contributed by atoms with van der Waals surface area (Å²) in [5, 5.41) is 0.898. The van der Waals surface area contributed by atoms with Crippen LogP contribution >= 0.6 is 0 Å². The molecule has 0 spiro atoms. The Bertz CT molecular complexity index is 1270. The molecule has 1 aliphatic rings. The number of rotatable bonds is 4. The van der Waals surface area contributed by atoms with E-state index < -0.39 is 0 Å². The van der Waals surface area contributed by atoms with E-state index in [9.17, 15) is 9.18 Å². The molecule has 150 valence electrons. The number of hydrogen-bond acceptors (Lipinski definition) is 3. The van der Waals surface area contributed by atoms with Crippen molar-refractivity contribution in [2.75, 3.05) is 13.3 Å². The van der Waals surface area contributed by atoms with Gasteiger partial charge in [0.2, 0.25) is 6.73 Å². The molecule has 1 atom stereocenters. The first-order valence-corrected chi connectivity index (χ1v) is 10.0. The van der Waals surface area contributed by atoms with Crippen molar-refractivity contribution in [1.82, 2.24) is 0 Å². The summed E-state index contributed by atoms with van der Waals surface area (Å²) in [6.45, 7) is 2.00. The maximum Gasteiger partial charge on any atom is 0.336 e. The van der Waals surface area contributed by atoms with Crippen molar-refractivity contribution in [3.8, 4) is 16.9 Å². The summed E-state index contributed by atoms with van der Waals surface area (Å²) in [4.78, 5) is 13.5. The minimum atomic E-state index is -0.373. The molecule has 5 heteroatoms. The van der Waals surface area contributed by atoms with Gasteiger partial charge in [-0.15, -0.1) is 0 Å². The third-order valence-electron chi connectivity index (χ3n) is 5.57. The van der Waals surface area contributed by atoms with E-state index in [1.54, 1.807) is 18.2 Å². The molecule has 0 aliphatic carbocycles. The first kappa shape index (κ1) is 18.6. The van der Waals surface area contributed by atoms with Crippen LogP contribution in [0.3, 0.4) is 0 Å². The van der Waals surface area contributed by atoms with Crippen molar-refractivity contribution in [2.45, 2.75) is 13.0 Å². The molecule has 0 fully saturated rings. The molecule has 1 N–H and O–H groups in total. The molecular formula is C25H21FNO3+. The molecule has 1 aliphatic heterocycles. The zero-order valence-corrected chi connectivity index (χ0v) is 16.4. The van der Waals surface area contributed by atoms with Crippen LogP contribution in [0.25, 0.3) is 22.1 Å². The van der Waals surface area contributed by atoms with Crippen LogP contribution in [-0.2, 0) is 13.0 Å². The molecule has 0 saturated heterocycles. The van der Waals surface area contributed by atoms with Crippen LogP contribution in [0.5, 0.6) is 5.75 Å². The second kappa shape index (κ2) is 7.76. The lowest BCUT2D eigenvalue weighted by Crippen LogP contribution is -3.12. The van der Waals surface area contributed by atoms with Gasteiger partial charge in [0.25, 0.3) is 0 Å². The van der Waals surface area contributed by atoms with E-state index in [-0.39, 0.29) is 11.4 Å². The van der Waals surface area contributed by atoms with E-state index in [1.165, 1.54) is 11.0 Å². The van der Waals surface area contributed by atoms with Crippen LogP contribution in [-0.4, -0.2) is 13.3 Å². The Morgan fingerprint density at radius 2 is 1.83 bits per heavy atom. The fraction of sp³-hybridized carbons (Fsp3) is 0.160. The van der Waals surface area contributed by atoms with Crippen molar-refractivity contribution in [2.24, 2.45) is 0 Å². The Kier molecular flexibility index (Phi) is 4.81. The van der Waals surface area contributed by atoms with Gasteiger partial charge in [-0.05, 0) is 41.0 Å². The SMILES string of the molecule is O=c1cc(-c2ccccc2)c2ccc3c(c2o1)C[NH+](CCc1cccc(F)c1)CO3. The number of benzene rings is 3. The number of quaternary nitrogens is 1. The summed E-state index contributed by atoms with van der Waals surface area (Å²) in [5.41, 5.74) is 3.91. The third kappa shape index (κ3) is 3.60. The largest absolute Gasteiger partial charge is 0.445 e. The van der Waals surface area contributed by atoms with Gasteiger partial charge in [-0.25, -0.2) is 9.18 Å². The molecule has 30 heavy (non-hydrogen) atoms. The van der Waals surface area contributed by atoms with Crippen LogP contribution in [0.1, 0.15) is 11.1 Å². The molecule has 0 saturated carbocycles. The van der Waals surface area contributed by atoms with Gasteiger partial charge >= 0.3 is 5.63 Å². The number of ether oxygens (including phenoxy) is 1. The molecule has 5 rings (SSSR count). The maximum atomic E-state index is 13.4. The Morgan fingerprint density at radius 1 is 0.967 bits per heavy atom. The van der Waals surface area contributed by atoms with Crippen molar-refractivity contribution >= 4 is 11.0 Å². The van der Waals surface area contributed by atoms with Gasteiger partial charge < -0.3 is 9.15 Å². The Hall–Kier alpha value is -3.44. The van der Waals surface area contributed by atoms with Crippen molar-refractivity contribution in [3.05, 3.63) is 100 Å². The first-order valence-electron chi connectivity index (χ1n) is 10.0. The topological polar surface area (TPSA) is 43.9 Å². The van der Waals surface area contributed by atoms with E-state index in [0.29, 0.717) is 18.9 Å². The summed E-state index contributed by atoms with van der Waals surface area (Å²) in [5.74, 6) is 0.536. The predicted molar refractivity (Wildman–Crippen MR) is 113 cm³/mol. The summed E-state index contributed by atoms with van der Waals surface area (Å²) in [6, 6.07) is 22.0. The van der Waals surface area contributed by atoms with Gasteiger partial charge in [0.15, 0.2) is 5.58 Å². The molecule has 0 radical (unpaired) electrons. The second-order valence-corrected chi connectivity index (χ2v) is 7.61. The molecule has 1 aromatic heterocycles. The summed E-state index contributed by atoms with van der Waals surface area (Å²) >= 11 is 0. The number of halogens is 1. The monoisotopic (exact) mass is 402 g/mol. The number of nitrogens with one attached hydrogen (secondary N) is 1. The van der Waals surface area contributed by atoms with Gasteiger partial charge in [0.1, 0.15) is 18.1 Å². The van der Waals surface area contributed by atoms with Crippen LogP contribution in [0.15, 0.2) is 82.0 Å². The average Bonchev–Trinajstić information content (AvgIpc) is 2.77. The lowest BCUT2D eigenvalue weighted by Gasteiger charge is -2.26. The quantitative estimate of drug-likeness (QED) is 0.531. The first-order chi connectivity index (χ1) is 14.7. The van der Waals surface area contributed by atoms with Gasteiger partial charge in [0.05, 0.1) is 12.1 Å². The van der Waals surface area contributed by atoms with Gasteiger partial charge in [0, 0.05) is 17.9 Å². The summed E-state index contributed by atoms with van der Waals surface area (Å²) in [6.07, 6.45) is 0.746.